The number of aromatic nitrogens is 5. The molecule has 10 nitrogen and oxygen atoms in total. The van der Waals surface area contributed by atoms with Crippen LogP contribution in [0.25, 0.3) is 11.3 Å². The standard InChI is InChI=1S/C20H19N7O3/c1-26-12-13(10-22-26)9-21-20(29)18-16(11-23-27(18)2)24-19(28)15-8-17(30-25-15)14-6-4-3-5-7-14/h3-8,10-12H,9H2,1-2H3,(H,21,29)(H,24,28). The number of carbonyl (C=O) groups is 2. The van der Waals surface area contributed by atoms with Crippen molar-refractivity contribution in [2.75, 3.05) is 5.32 Å². The Kier molecular flexibility index (Phi) is 5.12. The van der Waals surface area contributed by atoms with E-state index < -0.39 is 5.91 Å². The molecule has 0 saturated carbocycles. The van der Waals surface area contributed by atoms with Gasteiger partial charge in [-0.3, -0.25) is 19.0 Å². The number of carbonyl (C=O) groups excluding carboxylic acids is 2. The Bertz CT molecular complexity index is 1190. The molecule has 0 aliphatic heterocycles. The number of hydrogen-bond acceptors (Lipinski definition) is 6. The molecule has 0 saturated heterocycles. The lowest BCUT2D eigenvalue weighted by molar-refractivity contribution is 0.0942. The van der Waals surface area contributed by atoms with E-state index in [1.54, 1.807) is 37.2 Å². The number of benzene rings is 1. The maximum Gasteiger partial charge on any atom is 0.277 e. The van der Waals surface area contributed by atoms with Crippen molar-refractivity contribution >= 4 is 17.5 Å². The quantitative estimate of drug-likeness (QED) is 0.506. The molecule has 0 fully saturated rings. The third-order valence-electron chi connectivity index (χ3n) is 4.41. The van der Waals surface area contributed by atoms with Crippen molar-refractivity contribution < 1.29 is 14.1 Å². The second-order valence-electron chi connectivity index (χ2n) is 6.63. The summed E-state index contributed by atoms with van der Waals surface area (Å²) in [6.07, 6.45) is 4.89. The van der Waals surface area contributed by atoms with Gasteiger partial charge in [-0.15, -0.1) is 0 Å². The fourth-order valence-corrected chi connectivity index (χ4v) is 2.93. The van der Waals surface area contributed by atoms with Gasteiger partial charge >= 0.3 is 0 Å². The van der Waals surface area contributed by atoms with Gasteiger partial charge in [0.25, 0.3) is 11.8 Å². The van der Waals surface area contributed by atoms with Gasteiger partial charge in [0.1, 0.15) is 5.69 Å². The Balaban J connectivity index is 1.47. The van der Waals surface area contributed by atoms with Gasteiger partial charge in [-0.05, 0) is 0 Å². The molecule has 0 bridgehead atoms. The van der Waals surface area contributed by atoms with Gasteiger partial charge in [-0.2, -0.15) is 10.2 Å². The number of nitrogens with one attached hydrogen (secondary N) is 2. The minimum absolute atomic E-state index is 0.0967. The molecule has 3 heterocycles. The van der Waals surface area contributed by atoms with Crippen LogP contribution in [0.1, 0.15) is 26.5 Å². The summed E-state index contributed by atoms with van der Waals surface area (Å²) >= 11 is 0. The van der Waals surface area contributed by atoms with E-state index in [0.717, 1.165) is 11.1 Å². The average molecular weight is 405 g/mol. The number of rotatable bonds is 6. The maximum atomic E-state index is 12.7. The van der Waals surface area contributed by atoms with Crippen LogP contribution in [0.5, 0.6) is 0 Å². The normalized spacial score (nSPS) is 10.7. The molecule has 0 spiro atoms. The number of aryl methyl sites for hydroxylation is 2. The van der Waals surface area contributed by atoms with E-state index in [2.05, 4.69) is 26.0 Å². The highest BCUT2D eigenvalue weighted by Gasteiger charge is 2.21. The molecular formula is C20H19N7O3. The molecule has 0 radical (unpaired) electrons. The van der Waals surface area contributed by atoms with E-state index in [4.69, 9.17) is 4.52 Å². The maximum absolute atomic E-state index is 12.7. The van der Waals surface area contributed by atoms with E-state index in [1.807, 2.05) is 30.3 Å². The average Bonchev–Trinajstić information content (AvgIpc) is 3.47. The SMILES string of the molecule is Cn1cc(CNC(=O)c2c(NC(=O)c3cc(-c4ccccc4)on3)cnn2C)cn1. The molecule has 4 rings (SSSR count). The summed E-state index contributed by atoms with van der Waals surface area (Å²) in [7, 11) is 3.42. The van der Waals surface area contributed by atoms with Crippen LogP contribution < -0.4 is 10.6 Å². The molecule has 0 aliphatic carbocycles. The Labute approximate surface area is 171 Å². The number of anilines is 1. The first-order valence-corrected chi connectivity index (χ1v) is 9.12. The number of nitrogens with zero attached hydrogens (tertiary/aromatic N) is 5. The Hall–Kier alpha value is -4.21. The largest absolute Gasteiger partial charge is 0.355 e. The molecule has 30 heavy (non-hydrogen) atoms. The molecule has 4 aromatic rings. The highest BCUT2D eigenvalue weighted by atomic mass is 16.5. The lowest BCUT2D eigenvalue weighted by Gasteiger charge is -2.07. The van der Waals surface area contributed by atoms with Crippen molar-refractivity contribution in [2.24, 2.45) is 14.1 Å². The van der Waals surface area contributed by atoms with Crippen molar-refractivity contribution in [3.8, 4) is 11.3 Å². The summed E-state index contributed by atoms with van der Waals surface area (Å²) < 4.78 is 8.31. The van der Waals surface area contributed by atoms with E-state index in [9.17, 15) is 9.59 Å². The Morgan fingerprint density at radius 2 is 1.87 bits per heavy atom. The van der Waals surface area contributed by atoms with Crippen LogP contribution in [0.3, 0.4) is 0 Å². The van der Waals surface area contributed by atoms with Gasteiger partial charge < -0.3 is 15.2 Å². The lowest BCUT2D eigenvalue weighted by Crippen LogP contribution is -2.26. The fourth-order valence-electron chi connectivity index (χ4n) is 2.93. The van der Waals surface area contributed by atoms with E-state index in [-0.39, 0.29) is 23.0 Å². The fraction of sp³-hybridized carbons (Fsp3) is 0.150. The zero-order valence-corrected chi connectivity index (χ0v) is 16.4. The third-order valence-corrected chi connectivity index (χ3v) is 4.41. The van der Waals surface area contributed by atoms with Crippen LogP contribution in [0.2, 0.25) is 0 Å². The van der Waals surface area contributed by atoms with Gasteiger partial charge in [0.2, 0.25) is 0 Å². The molecule has 1 aromatic carbocycles. The van der Waals surface area contributed by atoms with Crippen LogP contribution in [0.4, 0.5) is 5.69 Å². The van der Waals surface area contributed by atoms with E-state index >= 15 is 0 Å². The summed E-state index contributed by atoms with van der Waals surface area (Å²) in [6.45, 7) is 0.301. The first-order valence-electron chi connectivity index (χ1n) is 9.12. The van der Waals surface area contributed by atoms with Gasteiger partial charge in [0.05, 0.1) is 18.1 Å². The first-order chi connectivity index (χ1) is 14.5. The van der Waals surface area contributed by atoms with E-state index in [1.165, 1.54) is 10.9 Å². The van der Waals surface area contributed by atoms with Crippen molar-refractivity contribution in [2.45, 2.75) is 6.54 Å². The zero-order chi connectivity index (χ0) is 21.1. The van der Waals surface area contributed by atoms with Gasteiger partial charge in [-0.1, -0.05) is 35.5 Å². The van der Waals surface area contributed by atoms with Crippen molar-refractivity contribution in [3.05, 3.63) is 71.9 Å². The number of amides is 2. The summed E-state index contributed by atoms with van der Waals surface area (Å²) in [5, 5.41) is 17.4. The second kappa shape index (κ2) is 8.03. The van der Waals surface area contributed by atoms with Crippen LogP contribution in [0, 0.1) is 0 Å². The zero-order valence-electron chi connectivity index (χ0n) is 16.4. The summed E-state index contributed by atoms with van der Waals surface area (Å²) in [5.74, 6) is -0.407. The van der Waals surface area contributed by atoms with E-state index in [0.29, 0.717) is 12.3 Å². The molecule has 0 unspecified atom stereocenters. The highest BCUT2D eigenvalue weighted by Crippen LogP contribution is 2.21. The van der Waals surface area contributed by atoms with Crippen LogP contribution >= 0.6 is 0 Å². The molecular weight excluding hydrogens is 386 g/mol. The van der Waals surface area contributed by atoms with Gasteiger partial charge in [0, 0.05) is 44.0 Å². The second-order valence-corrected chi connectivity index (χ2v) is 6.63. The summed E-state index contributed by atoms with van der Waals surface area (Å²) in [5.41, 5.74) is 2.25. The van der Waals surface area contributed by atoms with Crippen LogP contribution in [-0.4, -0.2) is 36.5 Å². The lowest BCUT2D eigenvalue weighted by atomic mass is 10.1. The molecule has 10 heteroatoms. The Morgan fingerprint density at radius 1 is 1.07 bits per heavy atom. The molecule has 3 aromatic heterocycles. The highest BCUT2D eigenvalue weighted by molar-refractivity contribution is 6.07. The molecule has 0 atom stereocenters. The summed E-state index contributed by atoms with van der Waals surface area (Å²) in [4.78, 5) is 25.3. The van der Waals surface area contributed by atoms with Crippen LogP contribution in [0.15, 0.2) is 59.5 Å². The minimum atomic E-state index is -0.504. The van der Waals surface area contributed by atoms with Gasteiger partial charge in [0.15, 0.2) is 11.5 Å². The monoisotopic (exact) mass is 405 g/mol. The molecule has 2 N–H and O–H groups in total. The minimum Gasteiger partial charge on any atom is -0.355 e. The predicted octanol–water partition coefficient (Wildman–Crippen LogP) is 1.99. The topological polar surface area (TPSA) is 120 Å². The first kappa shape index (κ1) is 19.1. The van der Waals surface area contributed by atoms with Gasteiger partial charge in [-0.25, -0.2) is 0 Å². The number of hydrogen-bond donors (Lipinski definition) is 2. The molecule has 0 aliphatic rings. The smallest absolute Gasteiger partial charge is 0.277 e. The van der Waals surface area contributed by atoms with Crippen molar-refractivity contribution in [1.82, 2.24) is 30.0 Å². The Morgan fingerprint density at radius 3 is 2.60 bits per heavy atom. The van der Waals surface area contributed by atoms with Crippen molar-refractivity contribution in [1.29, 1.82) is 0 Å². The third kappa shape index (κ3) is 3.97. The molecule has 2 amide bonds. The van der Waals surface area contributed by atoms with Crippen LogP contribution in [-0.2, 0) is 20.6 Å². The predicted molar refractivity (Wildman–Crippen MR) is 107 cm³/mol. The van der Waals surface area contributed by atoms with Crippen molar-refractivity contribution in [3.63, 3.8) is 0 Å². The molecule has 152 valence electrons. The summed E-state index contributed by atoms with van der Waals surface area (Å²) in [6, 6.07) is 10.9.